The first kappa shape index (κ1) is 15.8. The zero-order chi connectivity index (χ0) is 17.6. The van der Waals surface area contributed by atoms with Gasteiger partial charge in [0.1, 0.15) is 11.8 Å². The van der Waals surface area contributed by atoms with E-state index in [1.54, 1.807) is 36.3 Å². The quantitative estimate of drug-likeness (QED) is 0.829. The largest absolute Gasteiger partial charge is 0.508 e. The summed E-state index contributed by atoms with van der Waals surface area (Å²) in [5, 5.41) is 11.2. The second-order valence-corrected chi connectivity index (χ2v) is 6.53. The Morgan fingerprint density at radius 1 is 1.00 bits per heavy atom. The van der Waals surface area contributed by atoms with Crippen molar-refractivity contribution in [3.63, 3.8) is 0 Å². The highest BCUT2D eigenvalue weighted by atomic mass is 16.3. The van der Waals surface area contributed by atoms with Crippen molar-refractivity contribution in [2.45, 2.75) is 18.6 Å². The molecule has 0 saturated carbocycles. The van der Waals surface area contributed by atoms with E-state index >= 15 is 0 Å². The maximum absolute atomic E-state index is 13.0. The van der Waals surface area contributed by atoms with Crippen molar-refractivity contribution in [1.82, 2.24) is 15.3 Å². The molecule has 4 rings (SSSR count). The lowest BCUT2D eigenvalue weighted by molar-refractivity contribution is -0.142. The first-order chi connectivity index (χ1) is 12.1. The lowest BCUT2D eigenvalue weighted by atomic mass is 9.91. The normalized spacial score (nSPS) is 26.3. The highest BCUT2D eigenvalue weighted by molar-refractivity contribution is 6.07. The number of imide groups is 1. The fraction of sp³-hybridized carbons (Fsp3) is 0.263. The van der Waals surface area contributed by atoms with Gasteiger partial charge < -0.3 is 5.11 Å². The van der Waals surface area contributed by atoms with E-state index < -0.39 is 12.0 Å². The molecule has 2 saturated heterocycles. The highest BCUT2D eigenvalue weighted by Crippen LogP contribution is 2.40. The Morgan fingerprint density at radius 2 is 1.68 bits per heavy atom. The van der Waals surface area contributed by atoms with Gasteiger partial charge in [-0.25, -0.2) is 10.4 Å². The van der Waals surface area contributed by atoms with Crippen LogP contribution in [-0.4, -0.2) is 39.9 Å². The predicted molar refractivity (Wildman–Crippen MR) is 91.0 cm³/mol. The number of hydrogen-bond acceptors (Lipinski definition) is 5. The molecule has 2 aliphatic rings. The molecule has 2 N–H and O–H groups in total. The van der Waals surface area contributed by atoms with E-state index in [-0.39, 0.29) is 23.6 Å². The third-order valence-corrected chi connectivity index (χ3v) is 4.97. The third-order valence-electron chi connectivity index (χ3n) is 4.97. The average molecular weight is 337 g/mol. The zero-order valence-corrected chi connectivity index (χ0v) is 13.8. The van der Waals surface area contributed by atoms with Gasteiger partial charge in [0.25, 0.3) is 0 Å². The number of fused-ring (bicyclic) bond motifs is 1. The Morgan fingerprint density at radius 3 is 2.36 bits per heavy atom. The van der Waals surface area contributed by atoms with Crippen LogP contribution in [-0.2, 0) is 16.1 Å². The van der Waals surface area contributed by atoms with Gasteiger partial charge in [0, 0.05) is 7.05 Å². The maximum Gasteiger partial charge on any atom is 0.249 e. The summed E-state index contributed by atoms with van der Waals surface area (Å²) >= 11 is 0. The van der Waals surface area contributed by atoms with Gasteiger partial charge in [0.2, 0.25) is 11.8 Å². The van der Waals surface area contributed by atoms with Crippen LogP contribution in [0.1, 0.15) is 17.2 Å². The van der Waals surface area contributed by atoms with Crippen LogP contribution in [0.15, 0.2) is 54.6 Å². The topological polar surface area (TPSA) is 72.9 Å². The van der Waals surface area contributed by atoms with Gasteiger partial charge in [-0.2, -0.15) is 0 Å². The molecular weight excluding hydrogens is 318 g/mol. The van der Waals surface area contributed by atoms with Crippen molar-refractivity contribution < 1.29 is 14.7 Å². The number of amides is 2. The highest BCUT2D eigenvalue weighted by Gasteiger charge is 2.57. The van der Waals surface area contributed by atoms with Gasteiger partial charge >= 0.3 is 0 Å². The number of likely N-dealkylation sites (N-methyl/N-ethyl adjacent to an activating group) is 1. The van der Waals surface area contributed by atoms with E-state index in [0.29, 0.717) is 6.54 Å². The fourth-order valence-electron chi connectivity index (χ4n) is 3.73. The smallest absolute Gasteiger partial charge is 0.249 e. The number of phenolic OH excluding ortho intramolecular Hbond substituents is 1. The second kappa shape index (κ2) is 5.98. The van der Waals surface area contributed by atoms with Crippen LogP contribution in [0.25, 0.3) is 0 Å². The molecule has 2 heterocycles. The molecule has 6 nitrogen and oxygen atoms in total. The van der Waals surface area contributed by atoms with Crippen molar-refractivity contribution >= 4 is 11.8 Å². The number of rotatable bonds is 3. The molecule has 6 heteroatoms. The number of carbonyl (C=O) groups is 2. The number of phenols is 1. The number of carbonyl (C=O) groups excluding carboxylic acids is 2. The van der Waals surface area contributed by atoms with Crippen LogP contribution >= 0.6 is 0 Å². The summed E-state index contributed by atoms with van der Waals surface area (Å²) in [7, 11) is 1.79. The SMILES string of the molecule is CN1N[C@@H](c2ccc(O)cc2)[C@H]2C(=O)N(Cc3ccccc3)C(=O)[C@@H]21. The van der Waals surface area contributed by atoms with E-state index in [2.05, 4.69) is 5.43 Å². The molecule has 0 aliphatic carbocycles. The average Bonchev–Trinajstić information content (AvgIpc) is 3.08. The molecule has 2 amide bonds. The zero-order valence-electron chi connectivity index (χ0n) is 13.8. The molecule has 128 valence electrons. The summed E-state index contributed by atoms with van der Waals surface area (Å²) in [5.74, 6) is -0.624. The van der Waals surface area contributed by atoms with Crippen LogP contribution in [0, 0.1) is 5.92 Å². The number of benzene rings is 2. The van der Waals surface area contributed by atoms with E-state index in [4.69, 9.17) is 0 Å². The van der Waals surface area contributed by atoms with Gasteiger partial charge in [-0.1, -0.05) is 42.5 Å². The minimum atomic E-state index is -0.505. The minimum Gasteiger partial charge on any atom is -0.508 e. The number of hydrogen-bond donors (Lipinski definition) is 2. The summed E-state index contributed by atoms with van der Waals surface area (Å²) in [4.78, 5) is 27.2. The molecule has 2 fully saturated rings. The molecule has 0 radical (unpaired) electrons. The van der Waals surface area contributed by atoms with E-state index in [1.165, 1.54) is 4.90 Å². The Hall–Kier alpha value is -2.70. The molecule has 2 aromatic rings. The molecule has 0 spiro atoms. The number of likely N-dealkylation sites (tertiary alicyclic amines) is 1. The van der Waals surface area contributed by atoms with Crippen molar-refractivity contribution in [2.75, 3.05) is 7.05 Å². The van der Waals surface area contributed by atoms with Gasteiger partial charge in [0.05, 0.1) is 18.5 Å². The first-order valence-corrected chi connectivity index (χ1v) is 8.23. The van der Waals surface area contributed by atoms with Crippen LogP contribution in [0.2, 0.25) is 0 Å². The van der Waals surface area contributed by atoms with Gasteiger partial charge in [0.15, 0.2) is 0 Å². The van der Waals surface area contributed by atoms with Gasteiger partial charge in [-0.05, 0) is 23.3 Å². The Kier molecular flexibility index (Phi) is 3.78. The van der Waals surface area contributed by atoms with E-state index in [1.807, 2.05) is 30.3 Å². The Labute approximate surface area is 145 Å². The van der Waals surface area contributed by atoms with Crippen molar-refractivity contribution in [1.29, 1.82) is 0 Å². The molecule has 25 heavy (non-hydrogen) atoms. The van der Waals surface area contributed by atoms with Crippen LogP contribution in [0.3, 0.4) is 0 Å². The monoisotopic (exact) mass is 337 g/mol. The Balaban J connectivity index is 1.63. The van der Waals surface area contributed by atoms with Crippen LogP contribution < -0.4 is 5.43 Å². The lowest BCUT2D eigenvalue weighted by Gasteiger charge is -2.22. The van der Waals surface area contributed by atoms with Crippen molar-refractivity contribution in [3.05, 3.63) is 65.7 Å². The summed E-state index contributed by atoms with van der Waals surface area (Å²) < 4.78 is 0. The number of aromatic hydroxyl groups is 1. The lowest BCUT2D eigenvalue weighted by Crippen LogP contribution is -2.42. The standard InChI is InChI=1S/C19H19N3O3/c1-21-17-15(16(20-21)13-7-9-14(23)10-8-13)18(24)22(19(17)25)11-12-5-3-2-4-6-12/h2-10,15-17,20,23H,11H2,1H3/t15-,16+,17-/m1/s1. The van der Waals surface area contributed by atoms with Gasteiger partial charge in [-0.15, -0.1) is 0 Å². The summed E-state index contributed by atoms with van der Waals surface area (Å²) in [6.07, 6.45) is 0. The molecule has 3 atom stereocenters. The second-order valence-electron chi connectivity index (χ2n) is 6.53. The van der Waals surface area contributed by atoms with Crippen LogP contribution in [0.5, 0.6) is 5.75 Å². The molecular formula is C19H19N3O3. The summed E-state index contributed by atoms with van der Waals surface area (Å²) in [5.41, 5.74) is 5.03. The fourth-order valence-corrected chi connectivity index (χ4v) is 3.73. The van der Waals surface area contributed by atoms with Crippen molar-refractivity contribution in [2.24, 2.45) is 5.92 Å². The third kappa shape index (κ3) is 2.59. The molecule has 2 aromatic carbocycles. The first-order valence-electron chi connectivity index (χ1n) is 8.23. The molecule has 2 aliphatic heterocycles. The number of nitrogens with one attached hydrogen (secondary N) is 1. The van der Waals surface area contributed by atoms with Crippen molar-refractivity contribution in [3.8, 4) is 5.75 Å². The number of hydrazine groups is 1. The maximum atomic E-state index is 13.0. The minimum absolute atomic E-state index is 0.159. The number of nitrogens with zero attached hydrogens (tertiary/aromatic N) is 2. The van der Waals surface area contributed by atoms with Gasteiger partial charge in [-0.3, -0.25) is 14.5 Å². The van der Waals surface area contributed by atoms with E-state index in [0.717, 1.165) is 11.1 Å². The Bertz CT molecular complexity index is 806. The summed E-state index contributed by atoms with van der Waals surface area (Å²) in [6.45, 7) is 0.293. The summed E-state index contributed by atoms with van der Waals surface area (Å²) in [6, 6.07) is 15.5. The predicted octanol–water partition coefficient (Wildman–Crippen LogP) is 1.44. The molecule has 0 aromatic heterocycles. The molecule has 0 bridgehead atoms. The molecule has 0 unspecified atom stereocenters. The van der Waals surface area contributed by atoms with Crippen LogP contribution in [0.4, 0.5) is 0 Å². The van der Waals surface area contributed by atoms with E-state index in [9.17, 15) is 14.7 Å².